The van der Waals surface area contributed by atoms with Crippen molar-refractivity contribution in [1.82, 2.24) is 14.9 Å². The number of pyridine rings is 1. The van der Waals surface area contributed by atoms with Crippen LogP contribution in [0.2, 0.25) is 5.02 Å². The SMILES string of the molecule is COc1ccc(OC)c(N2C(=S)N[C@@H](c3ccccn3)[C@H]2c2cc(C)n(-c3cc(Cl)ccc3O)c2C)c1. The molecular formula is C28H27ClN4O3S. The van der Waals surface area contributed by atoms with Crippen molar-refractivity contribution in [2.24, 2.45) is 0 Å². The summed E-state index contributed by atoms with van der Waals surface area (Å²) >= 11 is 12.2. The average Bonchev–Trinajstić information content (AvgIpc) is 3.40. The number of hydrogen-bond donors (Lipinski definition) is 2. The Bertz CT molecular complexity index is 1470. The number of aryl methyl sites for hydroxylation is 1. The summed E-state index contributed by atoms with van der Waals surface area (Å²) in [6, 6.07) is 18.1. The molecule has 9 heteroatoms. The van der Waals surface area contributed by atoms with E-state index in [1.165, 1.54) is 0 Å². The largest absolute Gasteiger partial charge is 0.506 e. The van der Waals surface area contributed by atoms with Crippen LogP contribution >= 0.6 is 23.8 Å². The van der Waals surface area contributed by atoms with Gasteiger partial charge in [0, 0.05) is 28.7 Å². The third kappa shape index (κ3) is 4.36. The summed E-state index contributed by atoms with van der Waals surface area (Å²) in [5.41, 5.74) is 5.15. The van der Waals surface area contributed by atoms with Crippen LogP contribution in [-0.2, 0) is 0 Å². The molecule has 1 fully saturated rings. The lowest BCUT2D eigenvalue weighted by Gasteiger charge is -2.29. The first kappa shape index (κ1) is 24.9. The molecule has 0 amide bonds. The molecule has 1 aliphatic heterocycles. The Hall–Kier alpha value is -3.75. The van der Waals surface area contributed by atoms with E-state index in [0.717, 1.165) is 28.3 Å². The van der Waals surface area contributed by atoms with Gasteiger partial charge < -0.3 is 29.4 Å². The maximum absolute atomic E-state index is 10.7. The normalized spacial score (nSPS) is 17.1. The van der Waals surface area contributed by atoms with E-state index < -0.39 is 0 Å². The molecule has 4 aromatic rings. The van der Waals surface area contributed by atoms with Gasteiger partial charge in [0.1, 0.15) is 17.2 Å². The van der Waals surface area contributed by atoms with Crippen LogP contribution in [0.3, 0.4) is 0 Å². The molecule has 2 aromatic heterocycles. The number of thiocarbonyl (C=S) groups is 1. The van der Waals surface area contributed by atoms with E-state index in [1.54, 1.807) is 38.6 Å². The number of halogens is 1. The lowest BCUT2D eigenvalue weighted by atomic mass is 9.96. The number of aromatic hydroxyl groups is 1. The lowest BCUT2D eigenvalue weighted by molar-refractivity contribution is 0.403. The summed E-state index contributed by atoms with van der Waals surface area (Å²) in [7, 11) is 3.27. The minimum atomic E-state index is -0.273. The number of hydrogen-bond acceptors (Lipinski definition) is 5. The van der Waals surface area contributed by atoms with Gasteiger partial charge >= 0.3 is 0 Å². The number of methoxy groups -OCH3 is 2. The second kappa shape index (κ2) is 9.95. The summed E-state index contributed by atoms with van der Waals surface area (Å²) in [6.45, 7) is 4.03. The number of ether oxygens (including phenoxy) is 2. The van der Waals surface area contributed by atoms with E-state index in [0.29, 0.717) is 27.3 Å². The predicted molar refractivity (Wildman–Crippen MR) is 149 cm³/mol. The highest BCUT2D eigenvalue weighted by Gasteiger charge is 2.43. The molecule has 190 valence electrons. The van der Waals surface area contributed by atoms with Gasteiger partial charge in [-0.15, -0.1) is 0 Å². The van der Waals surface area contributed by atoms with Gasteiger partial charge in [-0.3, -0.25) is 4.98 Å². The van der Waals surface area contributed by atoms with E-state index in [-0.39, 0.29) is 17.8 Å². The molecule has 1 aliphatic rings. The van der Waals surface area contributed by atoms with Crippen LogP contribution in [0.15, 0.2) is 66.9 Å². The smallest absolute Gasteiger partial charge is 0.174 e. The van der Waals surface area contributed by atoms with Crippen LogP contribution in [-0.4, -0.2) is 34.0 Å². The van der Waals surface area contributed by atoms with Crippen LogP contribution < -0.4 is 19.7 Å². The maximum atomic E-state index is 10.7. The van der Waals surface area contributed by atoms with Crippen molar-refractivity contribution in [3.05, 3.63) is 94.5 Å². The summed E-state index contributed by atoms with van der Waals surface area (Å²) in [5.74, 6) is 1.50. The number of rotatable bonds is 6. The number of aromatic nitrogens is 2. The average molecular weight is 535 g/mol. The van der Waals surface area contributed by atoms with Gasteiger partial charge in [-0.2, -0.15) is 0 Å². The number of nitrogens with zero attached hydrogens (tertiary/aromatic N) is 3. The van der Waals surface area contributed by atoms with E-state index in [4.69, 9.17) is 33.3 Å². The number of phenolic OH excluding ortho intramolecular Hbond substituents is 1. The monoisotopic (exact) mass is 534 g/mol. The Kier molecular flexibility index (Phi) is 6.70. The molecule has 1 saturated heterocycles. The fraction of sp³-hybridized carbons (Fsp3) is 0.214. The zero-order chi connectivity index (χ0) is 26.3. The van der Waals surface area contributed by atoms with Crippen LogP contribution in [0.4, 0.5) is 5.69 Å². The molecule has 5 rings (SSSR count). The molecule has 2 atom stereocenters. The topological polar surface area (TPSA) is 71.8 Å². The summed E-state index contributed by atoms with van der Waals surface area (Å²) in [6.07, 6.45) is 1.78. The molecule has 37 heavy (non-hydrogen) atoms. The van der Waals surface area contributed by atoms with Gasteiger partial charge in [0.15, 0.2) is 5.11 Å². The first-order valence-electron chi connectivity index (χ1n) is 11.7. The van der Waals surface area contributed by atoms with Crippen molar-refractivity contribution < 1.29 is 14.6 Å². The van der Waals surface area contributed by atoms with Crippen molar-refractivity contribution >= 4 is 34.6 Å². The van der Waals surface area contributed by atoms with Gasteiger partial charge in [0.25, 0.3) is 0 Å². The van der Waals surface area contributed by atoms with E-state index in [2.05, 4.69) is 21.3 Å². The quantitative estimate of drug-likeness (QED) is 0.292. The highest BCUT2D eigenvalue weighted by molar-refractivity contribution is 7.80. The van der Waals surface area contributed by atoms with Crippen molar-refractivity contribution in [2.45, 2.75) is 25.9 Å². The highest BCUT2D eigenvalue weighted by atomic mass is 35.5. The zero-order valence-electron chi connectivity index (χ0n) is 20.9. The van der Waals surface area contributed by atoms with Crippen molar-refractivity contribution in [3.8, 4) is 22.9 Å². The zero-order valence-corrected chi connectivity index (χ0v) is 22.5. The molecule has 0 unspecified atom stereocenters. The Balaban J connectivity index is 1.73. The van der Waals surface area contributed by atoms with Crippen LogP contribution in [0, 0.1) is 13.8 Å². The standard InChI is InChI=1S/C28H27ClN4O3S/c1-16-13-20(17(2)32(16)22-14-18(29)8-10-24(22)34)27-26(21-7-5-6-12-30-21)31-28(37)33(27)23-15-19(35-3)9-11-25(23)36-4/h5-15,26-27,34H,1-4H3,(H,31,37)/t26-,27+/m0/s1. The number of nitrogens with one attached hydrogen (secondary N) is 1. The minimum Gasteiger partial charge on any atom is -0.506 e. The molecule has 0 spiro atoms. The van der Waals surface area contributed by atoms with Gasteiger partial charge in [0.2, 0.25) is 0 Å². The van der Waals surface area contributed by atoms with Crippen molar-refractivity contribution in [1.29, 1.82) is 0 Å². The van der Waals surface area contributed by atoms with Crippen LogP contribution in [0.25, 0.3) is 5.69 Å². The molecule has 2 aromatic carbocycles. The Labute approximate surface area is 226 Å². The first-order valence-corrected chi connectivity index (χ1v) is 12.5. The molecule has 0 bridgehead atoms. The molecular weight excluding hydrogens is 508 g/mol. The third-order valence-corrected chi connectivity index (χ3v) is 7.26. The van der Waals surface area contributed by atoms with Crippen LogP contribution in [0.5, 0.6) is 17.2 Å². The fourth-order valence-corrected chi connectivity index (χ4v) is 5.55. The second-order valence-electron chi connectivity index (χ2n) is 8.83. The van der Waals surface area contributed by atoms with E-state index in [1.807, 2.05) is 54.8 Å². The Morgan fingerprint density at radius 2 is 1.81 bits per heavy atom. The number of anilines is 1. The molecule has 0 radical (unpaired) electrons. The molecule has 2 N–H and O–H groups in total. The first-order chi connectivity index (χ1) is 17.8. The molecule has 0 aliphatic carbocycles. The molecule has 7 nitrogen and oxygen atoms in total. The maximum Gasteiger partial charge on any atom is 0.174 e. The fourth-order valence-electron chi connectivity index (χ4n) is 5.05. The van der Waals surface area contributed by atoms with E-state index in [9.17, 15) is 5.11 Å². The summed E-state index contributed by atoms with van der Waals surface area (Å²) in [4.78, 5) is 6.70. The number of phenols is 1. The third-order valence-electron chi connectivity index (χ3n) is 6.71. The van der Waals surface area contributed by atoms with Gasteiger partial charge in [0.05, 0.1) is 43.4 Å². The predicted octanol–water partition coefficient (Wildman–Crippen LogP) is 6.04. The Morgan fingerprint density at radius 3 is 2.51 bits per heavy atom. The second-order valence-corrected chi connectivity index (χ2v) is 9.65. The van der Waals surface area contributed by atoms with Crippen molar-refractivity contribution in [2.75, 3.05) is 19.1 Å². The molecule has 3 heterocycles. The van der Waals surface area contributed by atoms with E-state index >= 15 is 0 Å². The summed E-state index contributed by atoms with van der Waals surface area (Å²) in [5, 5.41) is 15.3. The molecule has 0 saturated carbocycles. The summed E-state index contributed by atoms with van der Waals surface area (Å²) < 4.78 is 13.3. The lowest BCUT2D eigenvalue weighted by Crippen LogP contribution is -2.30. The van der Waals surface area contributed by atoms with Crippen LogP contribution in [0.1, 0.15) is 34.7 Å². The van der Waals surface area contributed by atoms with Gasteiger partial charge in [-0.25, -0.2) is 0 Å². The highest BCUT2D eigenvalue weighted by Crippen LogP contribution is 2.47. The van der Waals surface area contributed by atoms with Gasteiger partial charge in [-0.05, 0) is 80.2 Å². The van der Waals surface area contributed by atoms with Gasteiger partial charge in [-0.1, -0.05) is 17.7 Å². The minimum absolute atomic E-state index is 0.144. The Morgan fingerprint density at radius 1 is 1.00 bits per heavy atom. The number of benzene rings is 2. The van der Waals surface area contributed by atoms with Crippen molar-refractivity contribution in [3.63, 3.8) is 0 Å².